The number of para-hydroxylation sites is 1. The van der Waals surface area contributed by atoms with Crippen molar-refractivity contribution in [3.63, 3.8) is 0 Å². The molecule has 1 aromatic rings. The molecule has 96 valence electrons. The van der Waals surface area contributed by atoms with E-state index >= 15 is 0 Å². The number of nitrogens with zero attached hydrogens (tertiary/aromatic N) is 1. The zero-order chi connectivity index (χ0) is 12.8. The highest BCUT2D eigenvalue weighted by Gasteiger charge is 2.53. The van der Waals surface area contributed by atoms with Crippen molar-refractivity contribution in [1.29, 1.82) is 0 Å². The predicted molar refractivity (Wildman–Crippen MR) is 67.3 cm³/mol. The molecule has 1 fully saturated rings. The highest BCUT2D eigenvalue weighted by Crippen LogP contribution is 2.36. The topological polar surface area (TPSA) is 57.7 Å². The summed E-state index contributed by atoms with van der Waals surface area (Å²) in [6, 6.07) is 7.16. The van der Waals surface area contributed by atoms with Crippen LogP contribution in [0.4, 0.5) is 0 Å². The van der Waals surface area contributed by atoms with E-state index in [1.165, 1.54) is 17.2 Å². The molecule has 0 amide bonds. The number of hydrogen-bond acceptors (Lipinski definition) is 3. The number of nitrogens with one attached hydrogen (secondary N) is 1. The van der Waals surface area contributed by atoms with Gasteiger partial charge in [-0.3, -0.25) is 0 Å². The molecule has 2 aliphatic rings. The Morgan fingerprint density at radius 2 is 2.11 bits per heavy atom. The van der Waals surface area contributed by atoms with Crippen molar-refractivity contribution in [2.45, 2.75) is 44.3 Å². The van der Waals surface area contributed by atoms with E-state index in [2.05, 4.69) is 11.9 Å². The summed E-state index contributed by atoms with van der Waals surface area (Å²) in [5.41, 5.74) is 1.61. The molecule has 0 unspecified atom stereocenters. The lowest BCUT2D eigenvalue weighted by molar-refractivity contribution is -0.549. The lowest BCUT2D eigenvalue weighted by atomic mass is 9.82. The van der Waals surface area contributed by atoms with E-state index in [9.17, 15) is 10.3 Å². The van der Waals surface area contributed by atoms with Crippen LogP contribution in [0.2, 0.25) is 0 Å². The number of phenolic OH excluding ortho intramolecular Hbond substituents is 1. The third-order valence-corrected chi connectivity index (χ3v) is 4.28. The number of aromatic hydroxyl groups is 1. The average molecular weight is 247 g/mol. The third kappa shape index (κ3) is 1.56. The van der Waals surface area contributed by atoms with Gasteiger partial charge in [-0.05, 0) is 31.9 Å². The van der Waals surface area contributed by atoms with Crippen molar-refractivity contribution in [3.05, 3.63) is 29.8 Å². The van der Waals surface area contributed by atoms with Gasteiger partial charge in [0.25, 0.3) is 6.17 Å². The molecule has 4 heteroatoms. The quantitative estimate of drug-likeness (QED) is 0.692. The number of benzene rings is 1. The summed E-state index contributed by atoms with van der Waals surface area (Å²) in [7, 11) is 0. The highest BCUT2D eigenvalue weighted by atomic mass is 16.5. The van der Waals surface area contributed by atoms with Crippen LogP contribution in [0.1, 0.15) is 44.3 Å². The second-order valence-corrected chi connectivity index (χ2v) is 5.41. The first-order valence-electron chi connectivity index (χ1n) is 6.52. The number of rotatable bonds is 1. The second kappa shape index (κ2) is 4.07. The van der Waals surface area contributed by atoms with E-state index in [4.69, 9.17) is 0 Å². The molecule has 0 saturated heterocycles. The third-order valence-electron chi connectivity index (χ3n) is 4.28. The Balaban J connectivity index is 2.01. The average Bonchev–Trinajstić information content (AvgIpc) is 2.63. The summed E-state index contributed by atoms with van der Waals surface area (Å²) in [6.07, 6.45) is 3.91. The Hall–Kier alpha value is -1.39. The van der Waals surface area contributed by atoms with Gasteiger partial charge in [0.05, 0.1) is 5.56 Å². The molecular formula is C14H19N2O2+. The minimum atomic E-state index is -0.343. The van der Waals surface area contributed by atoms with E-state index in [-0.39, 0.29) is 17.5 Å². The van der Waals surface area contributed by atoms with Gasteiger partial charge in [-0.1, -0.05) is 18.6 Å². The summed E-state index contributed by atoms with van der Waals surface area (Å²) in [5.74, 6) is 0.219. The molecular weight excluding hydrogens is 228 g/mol. The van der Waals surface area contributed by atoms with Crippen LogP contribution in [-0.4, -0.2) is 26.6 Å². The van der Waals surface area contributed by atoms with Gasteiger partial charge in [-0.25, -0.2) is 4.99 Å². The Labute approximate surface area is 107 Å². The number of phenols is 1. The van der Waals surface area contributed by atoms with Gasteiger partial charge >= 0.3 is 0 Å². The van der Waals surface area contributed by atoms with Crippen molar-refractivity contribution >= 4 is 5.71 Å². The number of fused-ring (bicyclic) bond motifs is 1. The molecule has 0 radical (unpaired) electrons. The van der Waals surface area contributed by atoms with E-state index in [0.717, 1.165) is 24.8 Å². The molecule has 1 saturated carbocycles. The van der Waals surface area contributed by atoms with Crippen molar-refractivity contribution < 1.29 is 15.3 Å². The number of hydroxylamine groups is 2. The van der Waals surface area contributed by atoms with Crippen LogP contribution in [0.3, 0.4) is 0 Å². The van der Waals surface area contributed by atoms with Crippen molar-refractivity contribution in [3.8, 4) is 5.75 Å². The van der Waals surface area contributed by atoms with Crippen LogP contribution in [0, 0.1) is 0 Å². The lowest BCUT2D eigenvalue weighted by Gasteiger charge is -2.32. The number of hydrogen-bond donors (Lipinski definition) is 3. The smallest absolute Gasteiger partial charge is 0.259 e. The van der Waals surface area contributed by atoms with Gasteiger partial charge in [0.15, 0.2) is 5.71 Å². The predicted octanol–water partition coefficient (Wildman–Crippen LogP) is 0.950. The first-order chi connectivity index (χ1) is 8.63. The molecule has 0 aromatic heterocycles. The van der Waals surface area contributed by atoms with Gasteiger partial charge in [-0.15, -0.1) is 5.06 Å². The Bertz CT molecular complexity index is 500. The monoisotopic (exact) mass is 247 g/mol. The van der Waals surface area contributed by atoms with Crippen LogP contribution in [0.5, 0.6) is 5.75 Å². The van der Waals surface area contributed by atoms with Crippen molar-refractivity contribution in [2.75, 3.05) is 0 Å². The van der Waals surface area contributed by atoms with Crippen LogP contribution in [0.25, 0.3) is 0 Å². The molecule has 3 N–H and O–H groups in total. The van der Waals surface area contributed by atoms with E-state index < -0.39 is 0 Å². The summed E-state index contributed by atoms with van der Waals surface area (Å²) in [6.45, 7) is 2.06. The van der Waals surface area contributed by atoms with Gasteiger partial charge < -0.3 is 10.3 Å². The summed E-state index contributed by atoms with van der Waals surface area (Å²) >= 11 is 0. The highest BCUT2D eigenvalue weighted by molar-refractivity contribution is 5.89. The minimum absolute atomic E-state index is 0.219. The standard InChI is InChI=1S/C14H18N2O2/c1-14-9-5-4-8-12(14)15-13(16(14)18)10-6-2-3-7-11(10)17/h2-3,6-7,13,17-18H,4-5,8-9H2,1H3/p+1/t13-,14-/m0/s1. The zero-order valence-corrected chi connectivity index (χ0v) is 10.6. The van der Waals surface area contributed by atoms with E-state index in [1.54, 1.807) is 12.1 Å². The Morgan fingerprint density at radius 3 is 2.83 bits per heavy atom. The summed E-state index contributed by atoms with van der Waals surface area (Å²) in [4.78, 5) is 3.37. The molecule has 2 atom stereocenters. The molecule has 0 bridgehead atoms. The van der Waals surface area contributed by atoms with Crippen LogP contribution in [-0.2, 0) is 0 Å². The summed E-state index contributed by atoms with van der Waals surface area (Å²) < 4.78 is 0. The molecule has 0 spiro atoms. The SMILES string of the molecule is C[C@]12CCCCC1=[NH+][C@H](c1ccccc1O)N2O. The normalized spacial score (nSPS) is 32.1. The fraction of sp³-hybridized carbons (Fsp3) is 0.500. The maximum Gasteiger partial charge on any atom is 0.259 e. The van der Waals surface area contributed by atoms with Crippen LogP contribution >= 0.6 is 0 Å². The molecule has 1 aliphatic heterocycles. The first kappa shape index (κ1) is 11.7. The van der Waals surface area contributed by atoms with Gasteiger partial charge in [-0.2, -0.15) is 0 Å². The minimum Gasteiger partial charge on any atom is -0.507 e. The largest absolute Gasteiger partial charge is 0.507 e. The van der Waals surface area contributed by atoms with E-state index in [0.29, 0.717) is 0 Å². The fourth-order valence-electron chi connectivity index (χ4n) is 3.11. The maximum atomic E-state index is 10.5. The van der Waals surface area contributed by atoms with Crippen molar-refractivity contribution in [1.82, 2.24) is 5.06 Å². The van der Waals surface area contributed by atoms with Crippen LogP contribution < -0.4 is 4.99 Å². The molecule has 4 nitrogen and oxygen atoms in total. The van der Waals surface area contributed by atoms with Crippen LogP contribution in [0.15, 0.2) is 24.3 Å². The lowest BCUT2D eigenvalue weighted by Crippen LogP contribution is -2.73. The molecule has 18 heavy (non-hydrogen) atoms. The first-order valence-corrected chi connectivity index (χ1v) is 6.52. The van der Waals surface area contributed by atoms with E-state index in [1.807, 2.05) is 12.1 Å². The van der Waals surface area contributed by atoms with Gasteiger partial charge in [0.1, 0.15) is 11.3 Å². The second-order valence-electron chi connectivity index (χ2n) is 5.41. The summed E-state index contributed by atoms with van der Waals surface area (Å²) in [5, 5.41) is 21.8. The fourth-order valence-corrected chi connectivity index (χ4v) is 3.11. The molecule has 3 rings (SSSR count). The Kier molecular flexibility index (Phi) is 2.64. The molecule has 1 aliphatic carbocycles. The van der Waals surface area contributed by atoms with Gasteiger partial charge in [0, 0.05) is 6.42 Å². The Morgan fingerprint density at radius 1 is 1.33 bits per heavy atom. The zero-order valence-electron chi connectivity index (χ0n) is 10.6. The van der Waals surface area contributed by atoms with Crippen molar-refractivity contribution in [2.24, 2.45) is 0 Å². The molecule has 1 heterocycles. The molecule has 1 aromatic carbocycles. The van der Waals surface area contributed by atoms with Gasteiger partial charge in [0.2, 0.25) is 0 Å². The maximum absolute atomic E-state index is 10.5.